The highest BCUT2D eigenvalue weighted by Crippen LogP contribution is 2.34. The van der Waals surface area contributed by atoms with Crippen molar-refractivity contribution in [3.8, 4) is 0 Å². The molecule has 3 nitrogen and oxygen atoms in total. The molecular weight excluding hydrogens is 418 g/mol. The van der Waals surface area contributed by atoms with Gasteiger partial charge in [0.25, 0.3) is 0 Å². The van der Waals surface area contributed by atoms with E-state index in [0.717, 1.165) is 28.2 Å². The quantitative estimate of drug-likeness (QED) is 0.231. The van der Waals surface area contributed by atoms with Crippen LogP contribution in [0.2, 0.25) is 0 Å². The highest BCUT2D eigenvalue weighted by molar-refractivity contribution is 6.14. The lowest BCUT2D eigenvalue weighted by molar-refractivity contribution is -0.130. The van der Waals surface area contributed by atoms with Crippen LogP contribution in [0.3, 0.4) is 0 Å². The zero-order valence-corrected chi connectivity index (χ0v) is 19.4. The maximum Gasteiger partial charge on any atom is 0.335 e. The molecule has 0 spiro atoms. The minimum Gasteiger partial charge on any atom is -0.478 e. The molecule has 0 aromatic heterocycles. The number of hydrogen-bond acceptors (Lipinski definition) is 2. The Balaban J connectivity index is 1.57. The molecule has 0 radical (unpaired) electrons. The van der Waals surface area contributed by atoms with Gasteiger partial charge in [-0.05, 0) is 66.9 Å². The summed E-state index contributed by atoms with van der Waals surface area (Å²) in [6, 6.07) is 32.9. The largest absolute Gasteiger partial charge is 0.478 e. The van der Waals surface area contributed by atoms with E-state index in [1.807, 2.05) is 24.3 Å². The van der Waals surface area contributed by atoms with E-state index in [0.29, 0.717) is 5.56 Å². The molecule has 0 aliphatic heterocycles. The number of carboxylic acid groups (broad SMARTS) is 1. The summed E-state index contributed by atoms with van der Waals surface area (Å²) in [6.07, 6.45) is 4.06. The average molecular weight is 446 g/mol. The number of nitrogens with zero attached hydrogens (tertiary/aromatic N) is 1. The van der Waals surface area contributed by atoms with Gasteiger partial charge in [-0.3, -0.25) is 0 Å². The third kappa shape index (κ3) is 5.33. The smallest absolute Gasteiger partial charge is 0.335 e. The first-order chi connectivity index (χ1) is 16.4. The number of aliphatic carboxylic acids is 1. The second kappa shape index (κ2) is 10.1. The highest BCUT2D eigenvalue weighted by atomic mass is 16.4. The van der Waals surface area contributed by atoms with Gasteiger partial charge in [-0.2, -0.15) is 0 Å². The first-order valence-corrected chi connectivity index (χ1v) is 11.1. The van der Waals surface area contributed by atoms with Gasteiger partial charge in [-0.1, -0.05) is 90.5 Å². The molecule has 0 amide bonds. The van der Waals surface area contributed by atoms with Gasteiger partial charge in [0.2, 0.25) is 0 Å². The van der Waals surface area contributed by atoms with Gasteiger partial charge in [0.15, 0.2) is 0 Å². The minimum atomic E-state index is -1.01. The van der Waals surface area contributed by atoms with E-state index < -0.39 is 5.97 Å². The first-order valence-electron chi connectivity index (χ1n) is 11.1. The zero-order valence-electron chi connectivity index (χ0n) is 19.4. The van der Waals surface area contributed by atoms with Gasteiger partial charge in [-0.15, -0.1) is 0 Å². The Morgan fingerprint density at radius 3 is 1.38 bits per heavy atom. The van der Waals surface area contributed by atoms with E-state index >= 15 is 0 Å². The number of hydrogen-bond donors (Lipinski definition) is 1. The van der Waals surface area contributed by atoms with Crippen LogP contribution in [-0.2, 0) is 4.79 Å². The highest BCUT2D eigenvalue weighted by Gasteiger charge is 2.12. The normalized spacial score (nSPS) is 10.9. The van der Waals surface area contributed by atoms with E-state index in [1.165, 1.54) is 11.1 Å². The summed E-state index contributed by atoms with van der Waals surface area (Å²) >= 11 is 0. The molecule has 168 valence electrons. The second-order valence-corrected chi connectivity index (χ2v) is 8.34. The Bertz CT molecular complexity index is 1270. The average Bonchev–Trinajstić information content (AvgIpc) is 2.86. The maximum absolute atomic E-state index is 11.1. The van der Waals surface area contributed by atoms with Gasteiger partial charge >= 0.3 is 5.97 Å². The number of anilines is 3. The third-order valence-corrected chi connectivity index (χ3v) is 5.72. The van der Waals surface area contributed by atoms with Crippen LogP contribution in [-0.4, -0.2) is 11.1 Å². The summed E-state index contributed by atoms with van der Waals surface area (Å²) in [5, 5.41) is 9.07. The van der Waals surface area contributed by atoms with Crippen molar-refractivity contribution in [3.63, 3.8) is 0 Å². The molecule has 0 bridgehead atoms. The van der Waals surface area contributed by atoms with E-state index in [9.17, 15) is 4.79 Å². The van der Waals surface area contributed by atoms with Gasteiger partial charge in [0.1, 0.15) is 0 Å². The molecule has 0 atom stereocenters. The van der Waals surface area contributed by atoms with E-state index in [2.05, 4.69) is 98.1 Å². The Morgan fingerprint density at radius 2 is 1.00 bits per heavy atom. The monoisotopic (exact) mass is 445 g/mol. The molecule has 0 saturated carbocycles. The molecule has 0 fully saturated rings. The van der Waals surface area contributed by atoms with E-state index in [-0.39, 0.29) is 5.57 Å². The van der Waals surface area contributed by atoms with Crippen LogP contribution in [0.15, 0.2) is 104 Å². The molecule has 0 unspecified atom stereocenters. The van der Waals surface area contributed by atoms with Crippen molar-refractivity contribution in [2.45, 2.75) is 13.8 Å². The van der Waals surface area contributed by atoms with Crippen LogP contribution in [0.4, 0.5) is 17.1 Å². The van der Waals surface area contributed by atoms with Crippen LogP contribution in [0.25, 0.3) is 17.7 Å². The van der Waals surface area contributed by atoms with Crippen LogP contribution in [0, 0.1) is 13.8 Å². The summed E-state index contributed by atoms with van der Waals surface area (Å²) in [5.74, 6) is -1.01. The number of carboxylic acids is 1. The number of aryl methyl sites for hydroxylation is 2. The fourth-order valence-electron chi connectivity index (χ4n) is 3.68. The van der Waals surface area contributed by atoms with Crippen LogP contribution >= 0.6 is 0 Å². The Kier molecular flexibility index (Phi) is 6.74. The lowest BCUT2D eigenvalue weighted by Gasteiger charge is -2.25. The third-order valence-electron chi connectivity index (χ3n) is 5.72. The SMILES string of the molecule is C=C(C(=O)O)c1ccc(C=Cc2ccc(N(c3ccc(C)cc3)c3ccc(C)cc3)cc2)cc1. The van der Waals surface area contributed by atoms with Crippen molar-refractivity contribution in [1.29, 1.82) is 0 Å². The van der Waals surface area contributed by atoms with E-state index in [4.69, 9.17) is 5.11 Å². The fraction of sp³-hybridized carbons (Fsp3) is 0.0645. The molecule has 0 heterocycles. The minimum absolute atomic E-state index is 0.0952. The van der Waals surface area contributed by atoms with Crippen LogP contribution in [0.5, 0.6) is 0 Å². The van der Waals surface area contributed by atoms with Gasteiger partial charge in [-0.25, -0.2) is 4.79 Å². The summed E-state index contributed by atoms with van der Waals surface area (Å²) in [4.78, 5) is 13.3. The van der Waals surface area contributed by atoms with Gasteiger partial charge < -0.3 is 10.0 Å². The number of carbonyl (C=O) groups is 1. The molecule has 1 N–H and O–H groups in total. The van der Waals surface area contributed by atoms with Crippen molar-refractivity contribution in [1.82, 2.24) is 0 Å². The summed E-state index contributed by atoms with van der Waals surface area (Å²) in [7, 11) is 0. The fourth-order valence-corrected chi connectivity index (χ4v) is 3.68. The summed E-state index contributed by atoms with van der Waals surface area (Å²) in [5.41, 5.74) is 8.55. The first kappa shape index (κ1) is 22.8. The molecule has 0 saturated heterocycles. The van der Waals surface area contributed by atoms with Crippen molar-refractivity contribution in [3.05, 3.63) is 131 Å². The van der Waals surface area contributed by atoms with Gasteiger partial charge in [0.05, 0.1) is 5.57 Å². The van der Waals surface area contributed by atoms with Crippen molar-refractivity contribution in [2.75, 3.05) is 4.90 Å². The Morgan fingerprint density at radius 1 is 0.647 bits per heavy atom. The lowest BCUT2D eigenvalue weighted by atomic mass is 10.0. The Labute approximate surface area is 200 Å². The molecule has 0 aliphatic rings. The van der Waals surface area contributed by atoms with E-state index in [1.54, 1.807) is 12.1 Å². The molecule has 0 aliphatic carbocycles. The Hall–Kier alpha value is -4.37. The van der Waals surface area contributed by atoms with Gasteiger partial charge in [0, 0.05) is 17.1 Å². The topological polar surface area (TPSA) is 40.5 Å². The summed E-state index contributed by atoms with van der Waals surface area (Å²) in [6.45, 7) is 7.79. The number of benzene rings is 4. The molecule has 34 heavy (non-hydrogen) atoms. The maximum atomic E-state index is 11.1. The second-order valence-electron chi connectivity index (χ2n) is 8.34. The number of rotatable bonds is 7. The zero-order chi connectivity index (χ0) is 24.1. The predicted molar refractivity (Wildman–Crippen MR) is 143 cm³/mol. The van der Waals surface area contributed by atoms with Crippen molar-refractivity contribution < 1.29 is 9.90 Å². The van der Waals surface area contributed by atoms with Crippen LogP contribution in [0.1, 0.15) is 27.8 Å². The molecular formula is C31H27NO2. The van der Waals surface area contributed by atoms with Crippen LogP contribution < -0.4 is 4.90 Å². The molecule has 3 heteroatoms. The lowest BCUT2D eigenvalue weighted by Crippen LogP contribution is -2.09. The molecule has 4 aromatic rings. The summed E-state index contributed by atoms with van der Waals surface area (Å²) < 4.78 is 0. The standard InChI is InChI=1S/C31H27NO2/c1-22-4-16-28(17-5-22)32(29-18-6-23(2)7-19-29)30-20-12-26(13-21-30)9-8-25-10-14-27(15-11-25)24(3)31(33)34/h4-21H,3H2,1-2H3,(H,33,34). The van der Waals surface area contributed by atoms with Crippen molar-refractivity contribution in [2.24, 2.45) is 0 Å². The predicted octanol–water partition coefficient (Wildman–Crippen LogP) is 8.04. The van der Waals surface area contributed by atoms with Crippen molar-refractivity contribution >= 4 is 40.8 Å². The molecule has 4 aromatic carbocycles. The molecule has 4 rings (SSSR count).